The summed E-state index contributed by atoms with van der Waals surface area (Å²) in [6.45, 7) is 8.09. The number of allylic oxidation sites excluding steroid dienone is 7. The van der Waals surface area contributed by atoms with Crippen LogP contribution in [0.4, 0.5) is 0 Å². The third-order valence-corrected chi connectivity index (χ3v) is 5.18. The molecule has 1 atom stereocenters. The standard InChI is InChI=1S/C19H22O3/c1-10(2)16-12-8-11-6-7-15(20)19(3,4)14(11)9-13(12)17(21)18(16)22-5/h6-8,10,14H,9H2,1-5H3. The van der Waals surface area contributed by atoms with Crippen molar-refractivity contribution in [1.82, 2.24) is 0 Å². The van der Waals surface area contributed by atoms with Gasteiger partial charge in [-0.05, 0) is 29.6 Å². The second-order valence-corrected chi connectivity index (χ2v) is 7.14. The minimum Gasteiger partial charge on any atom is -0.492 e. The molecule has 0 radical (unpaired) electrons. The summed E-state index contributed by atoms with van der Waals surface area (Å²) in [6, 6.07) is 0. The fourth-order valence-corrected chi connectivity index (χ4v) is 3.79. The Morgan fingerprint density at radius 3 is 2.50 bits per heavy atom. The summed E-state index contributed by atoms with van der Waals surface area (Å²) in [5, 5.41) is 0. The minimum absolute atomic E-state index is 0.00528. The highest BCUT2D eigenvalue weighted by molar-refractivity contribution is 6.13. The summed E-state index contributed by atoms with van der Waals surface area (Å²) in [5.74, 6) is 0.894. The van der Waals surface area contributed by atoms with Crippen molar-refractivity contribution in [2.45, 2.75) is 34.1 Å². The van der Waals surface area contributed by atoms with Gasteiger partial charge in [-0.25, -0.2) is 0 Å². The zero-order chi connectivity index (χ0) is 16.2. The van der Waals surface area contributed by atoms with Crippen molar-refractivity contribution in [2.24, 2.45) is 17.3 Å². The summed E-state index contributed by atoms with van der Waals surface area (Å²) in [6.07, 6.45) is 6.29. The van der Waals surface area contributed by atoms with Gasteiger partial charge in [0, 0.05) is 22.5 Å². The molecule has 0 aromatic carbocycles. The second kappa shape index (κ2) is 4.80. The molecule has 3 aliphatic carbocycles. The molecular formula is C19H22O3. The first kappa shape index (κ1) is 15.0. The Labute approximate surface area is 131 Å². The fourth-order valence-electron chi connectivity index (χ4n) is 3.79. The van der Waals surface area contributed by atoms with Crippen LogP contribution in [0.25, 0.3) is 0 Å². The van der Waals surface area contributed by atoms with E-state index in [0.717, 1.165) is 22.3 Å². The molecule has 3 nitrogen and oxygen atoms in total. The van der Waals surface area contributed by atoms with Gasteiger partial charge in [-0.15, -0.1) is 0 Å². The van der Waals surface area contributed by atoms with E-state index in [-0.39, 0.29) is 23.4 Å². The lowest BCUT2D eigenvalue weighted by Gasteiger charge is -2.38. The average molecular weight is 298 g/mol. The van der Waals surface area contributed by atoms with Crippen molar-refractivity contribution in [3.05, 3.63) is 46.3 Å². The lowest BCUT2D eigenvalue weighted by atomic mass is 9.63. The summed E-state index contributed by atoms with van der Waals surface area (Å²) in [7, 11) is 1.56. The van der Waals surface area contributed by atoms with Crippen molar-refractivity contribution in [3.63, 3.8) is 0 Å². The summed E-state index contributed by atoms with van der Waals surface area (Å²) < 4.78 is 5.39. The molecule has 0 N–H and O–H groups in total. The monoisotopic (exact) mass is 298 g/mol. The smallest absolute Gasteiger partial charge is 0.224 e. The molecule has 116 valence electrons. The first-order valence-corrected chi connectivity index (χ1v) is 7.79. The molecule has 0 heterocycles. The van der Waals surface area contributed by atoms with Crippen LogP contribution in [0.15, 0.2) is 46.3 Å². The Morgan fingerprint density at radius 2 is 1.91 bits per heavy atom. The van der Waals surface area contributed by atoms with E-state index in [1.807, 2.05) is 19.9 Å². The highest BCUT2D eigenvalue weighted by atomic mass is 16.5. The number of carbonyl (C=O) groups is 2. The van der Waals surface area contributed by atoms with E-state index in [4.69, 9.17) is 4.74 Å². The van der Waals surface area contributed by atoms with Gasteiger partial charge in [0.05, 0.1) is 7.11 Å². The van der Waals surface area contributed by atoms with E-state index < -0.39 is 5.41 Å². The lowest BCUT2D eigenvalue weighted by molar-refractivity contribution is -0.125. The number of rotatable bonds is 2. The maximum atomic E-state index is 12.7. The topological polar surface area (TPSA) is 43.4 Å². The molecule has 0 saturated heterocycles. The third kappa shape index (κ3) is 1.88. The Balaban J connectivity index is 2.13. The van der Waals surface area contributed by atoms with Crippen LogP contribution < -0.4 is 0 Å². The van der Waals surface area contributed by atoms with E-state index in [2.05, 4.69) is 19.9 Å². The minimum atomic E-state index is -0.465. The maximum Gasteiger partial charge on any atom is 0.224 e. The lowest BCUT2D eigenvalue weighted by Crippen LogP contribution is -2.37. The van der Waals surface area contributed by atoms with E-state index in [1.54, 1.807) is 13.2 Å². The number of methoxy groups -OCH3 is 1. The molecule has 3 rings (SSSR count). The molecule has 0 fully saturated rings. The predicted molar refractivity (Wildman–Crippen MR) is 85.0 cm³/mol. The van der Waals surface area contributed by atoms with Gasteiger partial charge < -0.3 is 4.74 Å². The van der Waals surface area contributed by atoms with Crippen LogP contribution in [0.3, 0.4) is 0 Å². The quantitative estimate of drug-likeness (QED) is 0.783. The molecule has 0 aliphatic heterocycles. The van der Waals surface area contributed by atoms with E-state index in [0.29, 0.717) is 12.2 Å². The molecule has 0 bridgehead atoms. The molecule has 0 spiro atoms. The van der Waals surface area contributed by atoms with Crippen LogP contribution >= 0.6 is 0 Å². The molecule has 3 heteroatoms. The van der Waals surface area contributed by atoms with Gasteiger partial charge in [0.2, 0.25) is 5.78 Å². The highest BCUT2D eigenvalue weighted by Crippen LogP contribution is 2.49. The first-order valence-electron chi connectivity index (χ1n) is 7.79. The number of Topliss-reactive ketones (excluding diaryl/α,β-unsaturated/α-hetero) is 1. The van der Waals surface area contributed by atoms with Gasteiger partial charge in [-0.2, -0.15) is 0 Å². The van der Waals surface area contributed by atoms with Gasteiger partial charge in [0.25, 0.3) is 0 Å². The highest BCUT2D eigenvalue weighted by Gasteiger charge is 2.45. The van der Waals surface area contributed by atoms with Gasteiger partial charge in [-0.1, -0.05) is 39.8 Å². The molecular weight excluding hydrogens is 276 g/mol. The first-order chi connectivity index (χ1) is 10.3. The number of carbonyl (C=O) groups excluding carboxylic acids is 2. The largest absolute Gasteiger partial charge is 0.492 e. The van der Waals surface area contributed by atoms with Gasteiger partial charge in [0.1, 0.15) is 0 Å². The van der Waals surface area contributed by atoms with Crippen LogP contribution in [0, 0.1) is 17.3 Å². The number of ether oxygens (including phenoxy) is 1. The number of hydrogen-bond acceptors (Lipinski definition) is 3. The van der Waals surface area contributed by atoms with Crippen LogP contribution in [0.2, 0.25) is 0 Å². The van der Waals surface area contributed by atoms with E-state index in [1.165, 1.54) is 0 Å². The van der Waals surface area contributed by atoms with E-state index in [9.17, 15) is 9.59 Å². The molecule has 0 aromatic heterocycles. The fraction of sp³-hybridized carbons (Fsp3) is 0.474. The van der Waals surface area contributed by atoms with E-state index >= 15 is 0 Å². The summed E-state index contributed by atoms with van der Waals surface area (Å²) in [5.41, 5.74) is 3.50. The Hall–Kier alpha value is -1.90. The van der Waals surface area contributed by atoms with Crippen LogP contribution in [0.5, 0.6) is 0 Å². The zero-order valence-electron chi connectivity index (χ0n) is 13.8. The van der Waals surface area contributed by atoms with Crippen molar-refractivity contribution in [1.29, 1.82) is 0 Å². The van der Waals surface area contributed by atoms with Crippen molar-refractivity contribution in [2.75, 3.05) is 7.11 Å². The number of fused-ring (bicyclic) bond motifs is 1. The normalized spacial score (nSPS) is 26.5. The zero-order valence-corrected chi connectivity index (χ0v) is 13.8. The molecule has 1 unspecified atom stereocenters. The second-order valence-electron chi connectivity index (χ2n) is 7.14. The SMILES string of the molecule is COC1=C(C(C)C)C2=C(CC3C(=C2)C=CC(=O)C3(C)C)C1=O. The number of hydrogen-bond donors (Lipinski definition) is 0. The Kier molecular flexibility index (Phi) is 3.28. The van der Waals surface area contributed by atoms with Crippen LogP contribution in [-0.4, -0.2) is 18.7 Å². The number of ketones is 2. The Bertz CT molecular complexity index is 696. The predicted octanol–water partition coefficient (Wildman–Crippen LogP) is 3.53. The van der Waals surface area contributed by atoms with Gasteiger partial charge in [-0.3, -0.25) is 9.59 Å². The summed E-state index contributed by atoms with van der Waals surface area (Å²) >= 11 is 0. The molecule has 0 amide bonds. The van der Waals surface area contributed by atoms with Crippen molar-refractivity contribution < 1.29 is 14.3 Å². The van der Waals surface area contributed by atoms with Gasteiger partial charge in [0.15, 0.2) is 11.5 Å². The molecule has 22 heavy (non-hydrogen) atoms. The van der Waals surface area contributed by atoms with Crippen molar-refractivity contribution >= 4 is 11.6 Å². The summed E-state index contributed by atoms with van der Waals surface area (Å²) in [4.78, 5) is 24.9. The molecule has 0 aromatic rings. The molecule has 3 aliphatic rings. The third-order valence-electron chi connectivity index (χ3n) is 5.18. The van der Waals surface area contributed by atoms with Crippen molar-refractivity contribution in [3.8, 4) is 0 Å². The average Bonchev–Trinajstić information content (AvgIpc) is 2.74. The Morgan fingerprint density at radius 1 is 1.23 bits per heavy atom. The maximum absolute atomic E-state index is 12.7. The van der Waals surface area contributed by atoms with Gasteiger partial charge >= 0.3 is 0 Å². The van der Waals surface area contributed by atoms with Crippen LogP contribution in [0.1, 0.15) is 34.1 Å². The molecule has 0 saturated carbocycles. The van der Waals surface area contributed by atoms with Crippen LogP contribution in [-0.2, 0) is 14.3 Å².